The van der Waals surface area contributed by atoms with Gasteiger partial charge in [-0.25, -0.2) is 9.59 Å². The molecule has 0 aromatic heterocycles. The standard InChI is InChI=1S/C38H53F3N6O8.C33H48N6O6.C9H10F3NO5.ClH/c1-35(2,3)29(45-34(54)55-37(6,7)38(39,40)41)33(53)47-19-22-25(36(22,4)5)27(47)30(50)43-23(17-20-15-16-20)28(49)31(51)42-18-24(48)44-26(32(52)46(8)9)21-13-11-10-12-14-21;1-32(2,3)27(34)31(45)39-17-20-23(33(20,4)5)25(39)28(42)36-21(15-18-13-14-18)26(41)29(43)35-16-22(40)37-24(30(44)38(6)7)19-11-9-8-10-12-19;1-8(2,9(10,11)12)17-7(16)18-13-5(14)3-4-6(13)15;/h10-14,20,22-23,25-27,29H,15-19H2,1-9H3,(H,42,51)(H,43,50)(H,44,48)(H,45,54);8-12,18,20-21,23-25,27H,13-17,34H2,1-7H3,(H,35,43)(H,36,42)(H,37,40);3-4H2,1-2H3;1H/t22?,23?,25-,26-,27-,29+;20?,21?,23-,24-,25-,27+;;/m00../s1. The third-order valence-electron chi connectivity index (χ3n) is 22.6. The van der Waals surface area contributed by atoms with Gasteiger partial charge in [-0.15, -0.1) is 12.4 Å². The summed E-state index contributed by atoms with van der Waals surface area (Å²) in [6.07, 6.45) is -9.47. The lowest BCUT2D eigenvalue weighted by molar-refractivity contribution is -0.256. The third kappa shape index (κ3) is 24.4. The molecule has 3 heterocycles. The number of Topliss-reactive ketones (excluding diaryl/α,β-unsaturated/α-hetero) is 2. The van der Waals surface area contributed by atoms with Crippen molar-refractivity contribution in [1.29, 1.82) is 0 Å². The van der Waals surface area contributed by atoms with Crippen LogP contribution in [0.15, 0.2) is 60.7 Å². The summed E-state index contributed by atoms with van der Waals surface area (Å²) in [7, 11) is 6.21. The van der Waals surface area contributed by atoms with Gasteiger partial charge < -0.3 is 72.0 Å². The van der Waals surface area contributed by atoms with Gasteiger partial charge in [0.2, 0.25) is 70.0 Å². The number of imide groups is 1. The van der Waals surface area contributed by atoms with Crippen molar-refractivity contribution in [2.24, 2.45) is 62.9 Å². The normalized spacial score (nSPS) is 21.6. The number of hydroxylamine groups is 2. The molecule has 3 saturated heterocycles. The van der Waals surface area contributed by atoms with Crippen LogP contribution in [0.4, 0.5) is 35.9 Å². The zero-order valence-corrected chi connectivity index (χ0v) is 70.9. The number of alkyl halides is 6. The molecule has 32 nitrogen and oxygen atoms in total. The van der Waals surface area contributed by atoms with E-state index in [1.807, 2.05) is 34.6 Å². The van der Waals surface area contributed by atoms with Crippen LogP contribution in [0.3, 0.4) is 0 Å². The van der Waals surface area contributed by atoms with Crippen LogP contribution in [-0.2, 0) is 81.4 Å². The van der Waals surface area contributed by atoms with Crippen molar-refractivity contribution in [3.63, 3.8) is 0 Å². The molecule has 0 spiro atoms. The summed E-state index contributed by atoms with van der Waals surface area (Å²) in [5.41, 5.74) is -0.294. The molecule has 9 N–H and O–H groups in total. The smallest absolute Gasteiger partial charge is 0.434 e. The second kappa shape index (κ2) is 37.7. The van der Waals surface area contributed by atoms with E-state index in [1.54, 1.807) is 100 Å². The van der Waals surface area contributed by atoms with Crippen molar-refractivity contribution < 1.29 is 117 Å². The Morgan fingerprint density at radius 3 is 1.19 bits per heavy atom. The lowest BCUT2D eigenvalue weighted by atomic mass is 9.85. The number of ether oxygens (including phenoxy) is 2. The highest BCUT2D eigenvalue weighted by Gasteiger charge is 2.71. The number of piperidine rings is 2. The van der Waals surface area contributed by atoms with Gasteiger partial charge in [0, 0.05) is 54.1 Å². The zero-order chi connectivity index (χ0) is 89.0. The maximum absolute atomic E-state index is 14.2. The largest absolute Gasteiger partial charge is 0.534 e. The van der Waals surface area contributed by atoms with Crippen LogP contribution in [0.5, 0.6) is 0 Å². The van der Waals surface area contributed by atoms with E-state index < -0.39 is 179 Å². The molecule has 7 aliphatic rings. The molecule has 0 radical (unpaired) electrons. The quantitative estimate of drug-likeness (QED) is 0.0223. The van der Waals surface area contributed by atoms with Crippen molar-refractivity contribution in [3.8, 4) is 0 Å². The fraction of sp³-hybridized carbons (Fsp3) is 0.650. The number of nitrogens with two attached hydrogens (primary N) is 1. The summed E-state index contributed by atoms with van der Waals surface area (Å²) in [5.74, 6) is -10.1. The Balaban J connectivity index is 0.000000307. The number of nitrogens with one attached hydrogen (secondary N) is 7. The molecule has 2 aromatic rings. The highest BCUT2D eigenvalue weighted by atomic mass is 35.5. The first-order chi connectivity index (χ1) is 54.3. The Morgan fingerprint density at radius 1 is 0.513 bits per heavy atom. The number of fused-ring (bicyclic) bond motifs is 2. The second-order valence-corrected chi connectivity index (χ2v) is 35.9. The Labute approximate surface area is 692 Å². The number of hydrogen-bond donors (Lipinski definition) is 8. The van der Waals surface area contributed by atoms with Crippen LogP contribution in [0.25, 0.3) is 0 Å². The van der Waals surface area contributed by atoms with E-state index in [0.29, 0.717) is 45.4 Å². The maximum Gasteiger partial charge on any atom is 0.534 e. The average Bonchev–Trinajstić information content (AvgIpc) is 1.53. The molecule has 7 fully saturated rings. The number of alkyl carbamates (subject to hydrolysis) is 1. The van der Waals surface area contributed by atoms with Crippen LogP contribution in [-0.4, -0.2) is 234 Å². The van der Waals surface area contributed by atoms with Crippen LogP contribution in [0.2, 0.25) is 0 Å². The first kappa shape index (κ1) is 97.8. The molecule has 4 unspecified atom stereocenters. The minimum atomic E-state index is -4.88. The van der Waals surface area contributed by atoms with Gasteiger partial charge in [0.25, 0.3) is 23.6 Å². The zero-order valence-electron chi connectivity index (χ0n) is 70.1. The number of ketones is 2. The number of hydrogen-bond acceptors (Lipinski definition) is 20. The molecule has 9 rings (SSSR count). The van der Waals surface area contributed by atoms with E-state index in [0.717, 1.165) is 25.7 Å². The summed E-state index contributed by atoms with van der Waals surface area (Å²) in [4.78, 5) is 215. The van der Waals surface area contributed by atoms with E-state index >= 15 is 0 Å². The van der Waals surface area contributed by atoms with Crippen LogP contribution in [0, 0.1) is 57.2 Å². The van der Waals surface area contributed by atoms with E-state index in [9.17, 15) is 103 Å². The highest BCUT2D eigenvalue weighted by molar-refractivity contribution is 6.39. The van der Waals surface area contributed by atoms with Crippen molar-refractivity contribution in [2.45, 2.75) is 220 Å². The fourth-order valence-corrected chi connectivity index (χ4v) is 14.4. The summed E-state index contributed by atoms with van der Waals surface area (Å²) < 4.78 is 86.2. The number of amides is 13. The number of nitrogens with zero attached hydrogens (tertiary/aromatic N) is 5. The highest BCUT2D eigenvalue weighted by Crippen LogP contribution is 2.66. The van der Waals surface area contributed by atoms with E-state index in [4.69, 9.17) is 5.73 Å². The number of rotatable bonds is 28. The van der Waals surface area contributed by atoms with Gasteiger partial charge in [0.05, 0.1) is 31.2 Å². The average molecular weight is 1710 g/mol. The first-order valence-corrected chi connectivity index (χ1v) is 38.9. The van der Waals surface area contributed by atoms with Gasteiger partial charge in [-0.2, -0.15) is 26.3 Å². The van der Waals surface area contributed by atoms with Gasteiger partial charge in [0.15, 0.2) is 0 Å². The summed E-state index contributed by atoms with van der Waals surface area (Å²) >= 11 is 0. The minimum Gasteiger partial charge on any atom is -0.434 e. The first-order valence-electron chi connectivity index (χ1n) is 38.9. The lowest BCUT2D eigenvalue weighted by Gasteiger charge is -2.38. The van der Waals surface area contributed by atoms with Gasteiger partial charge in [-0.3, -0.25) is 72.0 Å². The Hall–Kier alpha value is -10.0. The van der Waals surface area contributed by atoms with Crippen LogP contribution >= 0.6 is 12.4 Å². The molecule has 0 bridgehead atoms. The van der Waals surface area contributed by atoms with E-state index in [2.05, 4.69) is 65.4 Å². The number of carbonyl (C=O) groups excluding carboxylic acids is 16. The molecule has 39 heteroatoms. The molecule has 119 heavy (non-hydrogen) atoms. The number of benzene rings is 2. The Bertz CT molecular complexity index is 4150. The predicted octanol–water partition coefficient (Wildman–Crippen LogP) is 5.59. The molecule has 3 aliphatic heterocycles. The maximum atomic E-state index is 14.2. The summed E-state index contributed by atoms with van der Waals surface area (Å²) in [6, 6.07) is 8.68. The van der Waals surface area contributed by atoms with Crippen LogP contribution in [0.1, 0.15) is 172 Å². The molecule has 12 atom stereocenters. The number of likely N-dealkylation sites (N-methyl/N-ethyl adjacent to an activating group) is 2. The number of halogens is 7. The summed E-state index contributed by atoms with van der Waals surface area (Å²) in [6.45, 7) is 20.4. The van der Waals surface area contributed by atoms with Crippen molar-refractivity contribution in [2.75, 3.05) is 54.4 Å². The molecule has 2 aromatic carbocycles. The van der Waals surface area contributed by atoms with Crippen molar-refractivity contribution >= 4 is 107 Å². The molecular weight excluding hydrogens is 1600 g/mol. The van der Waals surface area contributed by atoms with Crippen molar-refractivity contribution in [3.05, 3.63) is 71.8 Å². The molecule has 660 valence electrons. The number of carbonyl (C=O) groups is 16. The number of likely N-dealkylation sites (tertiary alicyclic amines) is 2. The van der Waals surface area contributed by atoms with Gasteiger partial charge >= 0.3 is 24.6 Å². The van der Waals surface area contributed by atoms with Crippen LogP contribution < -0.4 is 43.0 Å². The van der Waals surface area contributed by atoms with Gasteiger partial charge in [0.1, 0.15) is 30.2 Å². The molecule has 13 amide bonds. The SMILES string of the molecule is CC(C)(OC(=O)ON1C(=O)CCC1=O)C(F)(F)F.CN(C)C(=O)[C@@H](NC(=O)CNC(=O)C(=O)C(CC1CC1)NC(=O)[C@@H]1[C@@H]2C(CN1C(=O)[C@@H](N)C(C)(C)C)C2(C)C)c1ccccc1.CN(C)C(=O)[C@@H](NC(=O)CNC(=O)C(=O)C(CC1CC1)NC(=O)[C@@H]1[C@@H]2C(CN1C(=O)[C@@H](NC(=O)OC(C)(C)C(F)(F)F)C(C)(C)C)C2(C)C)c1ccccc1.Cl. The van der Waals surface area contributed by atoms with Gasteiger partial charge in [-0.1, -0.05) is 161 Å². The predicted molar refractivity (Wildman–Crippen MR) is 416 cm³/mol. The van der Waals surface area contributed by atoms with Gasteiger partial charge in [-0.05, 0) is 109 Å². The monoisotopic (exact) mass is 1710 g/mol. The Kier molecular flexibility index (Phi) is 31.0. The minimum absolute atomic E-state index is 0. The van der Waals surface area contributed by atoms with E-state index in [-0.39, 0.29) is 108 Å². The summed E-state index contributed by atoms with van der Waals surface area (Å²) in [5, 5.41) is 17.8. The topological polar surface area (TPSA) is 427 Å². The molecular formula is C80H112ClF6N13O19. The van der Waals surface area contributed by atoms with E-state index in [1.165, 1.54) is 28.8 Å². The third-order valence-corrected chi connectivity index (χ3v) is 22.6. The lowest BCUT2D eigenvalue weighted by Crippen LogP contribution is -2.61. The second-order valence-electron chi connectivity index (χ2n) is 35.9. The fourth-order valence-electron chi connectivity index (χ4n) is 14.4. The molecule has 4 aliphatic carbocycles. The Morgan fingerprint density at radius 2 is 0.866 bits per heavy atom. The van der Waals surface area contributed by atoms with Crippen molar-refractivity contribution in [1.82, 2.24) is 61.9 Å². The molecule has 4 saturated carbocycles.